The zero-order chi connectivity index (χ0) is 4.99. The van der Waals surface area contributed by atoms with Crippen molar-refractivity contribution in [2.75, 3.05) is 6.61 Å². The highest BCUT2D eigenvalue weighted by Crippen LogP contribution is 2.54. The standard InChI is InChI=1S/C2H5I2OP/c1-2-5-6(3)4/h2H2,1H3. The van der Waals surface area contributed by atoms with E-state index in [4.69, 9.17) is 4.52 Å². The van der Waals surface area contributed by atoms with Gasteiger partial charge in [0.25, 0.3) is 0 Å². The summed E-state index contributed by atoms with van der Waals surface area (Å²) >= 11 is 4.54. The van der Waals surface area contributed by atoms with Crippen molar-refractivity contribution in [1.29, 1.82) is 0 Å². The normalized spacial score (nSPS) is 10.0. The molecule has 0 bridgehead atoms. The first-order chi connectivity index (χ1) is 2.77. The molecule has 0 amide bonds. The molecule has 38 valence electrons. The minimum absolute atomic E-state index is 0.161. The number of rotatable bonds is 2. The van der Waals surface area contributed by atoms with Crippen LogP contribution in [-0.4, -0.2) is 6.61 Å². The van der Waals surface area contributed by atoms with Crippen molar-refractivity contribution < 1.29 is 4.52 Å². The van der Waals surface area contributed by atoms with E-state index in [2.05, 4.69) is 44.1 Å². The smallest absolute Gasteiger partial charge is 0.159 e. The van der Waals surface area contributed by atoms with Crippen LogP contribution in [0.2, 0.25) is 0 Å². The van der Waals surface area contributed by atoms with Gasteiger partial charge in [-0.15, -0.1) is 0 Å². The quantitative estimate of drug-likeness (QED) is 0.559. The SMILES string of the molecule is CCOP(I)I. The Hall–Kier alpha value is 1.85. The highest BCUT2D eigenvalue weighted by molar-refractivity contribution is 14.3. The van der Waals surface area contributed by atoms with Crippen molar-refractivity contribution in [2.45, 2.75) is 6.92 Å². The van der Waals surface area contributed by atoms with Crippen molar-refractivity contribution in [2.24, 2.45) is 0 Å². The molecule has 0 radical (unpaired) electrons. The van der Waals surface area contributed by atoms with Crippen LogP contribution in [0.1, 0.15) is 6.92 Å². The minimum atomic E-state index is -0.161. The van der Waals surface area contributed by atoms with E-state index >= 15 is 0 Å². The second-order valence-corrected chi connectivity index (χ2v) is 12.1. The van der Waals surface area contributed by atoms with Crippen LogP contribution in [0, 0.1) is 0 Å². The Morgan fingerprint density at radius 2 is 2.17 bits per heavy atom. The van der Waals surface area contributed by atoms with Crippen LogP contribution in [0.25, 0.3) is 0 Å². The maximum absolute atomic E-state index is 5.08. The molecular formula is C2H5I2OP. The predicted octanol–water partition coefficient (Wildman–Crippen LogP) is 3.12. The van der Waals surface area contributed by atoms with Gasteiger partial charge in [-0.3, -0.25) is 0 Å². The summed E-state index contributed by atoms with van der Waals surface area (Å²) in [5.41, 5.74) is 0. The molecule has 0 aliphatic rings. The Bertz CT molecular complexity index is 32.7. The largest absolute Gasteiger partial charge is 0.340 e. The lowest BCUT2D eigenvalue weighted by molar-refractivity contribution is 0.397. The highest BCUT2D eigenvalue weighted by atomic mass is 127. The molecule has 0 rings (SSSR count). The Kier molecular flexibility index (Phi) is 6.54. The van der Waals surface area contributed by atoms with Crippen LogP contribution in [0.3, 0.4) is 0 Å². The third kappa shape index (κ3) is 5.85. The maximum Gasteiger partial charge on any atom is 0.159 e. The van der Waals surface area contributed by atoms with E-state index in [1.165, 1.54) is 0 Å². The molecule has 0 fully saturated rings. The molecule has 0 saturated heterocycles. The van der Waals surface area contributed by atoms with Gasteiger partial charge in [0.05, 0.1) is 0 Å². The first-order valence-electron chi connectivity index (χ1n) is 1.52. The highest BCUT2D eigenvalue weighted by Gasteiger charge is 1.89. The zero-order valence-electron chi connectivity index (χ0n) is 3.32. The first kappa shape index (κ1) is 7.85. The number of halogens is 2. The molecule has 0 saturated carbocycles. The van der Waals surface area contributed by atoms with Gasteiger partial charge in [-0.25, -0.2) is 0 Å². The lowest BCUT2D eigenvalue weighted by Gasteiger charge is -1.95. The summed E-state index contributed by atoms with van der Waals surface area (Å²) in [6.07, 6.45) is 0. The first-order valence-corrected chi connectivity index (χ1v) is 8.35. The summed E-state index contributed by atoms with van der Waals surface area (Å²) in [4.78, 5) is 0. The van der Waals surface area contributed by atoms with Crippen molar-refractivity contribution in [3.8, 4) is 0 Å². The van der Waals surface area contributed by atoms with E-state index in [1.54, 1.807) is 0 Å². The molecule has 1 nitrogen and oxygen atoms in total. The molecule has 4 heteroatoms. The predicted molar refractivity (Wildman–Crippen MR) is 46.6 cm³/mol. The molecule has 6 heavy (non-hydrogen) atoms. The van der Waals surface area contributed by atoms with E-state index in [9.17, 15) is 0 Å². The Morgan fingerprint density at radius 3 is 2.17 bits per heavy atom. The summed E-state index contributed by atoms with van der Waals surface area (Å²) in [7, 11) is 0. The molecule has 0 aromatic rings. The van der Waals surface area contributed by atoms with Crippen molar-refractivity contribution in [1.82, 2.24) is 0 Å². The molecule has 0 unspecified atom stereocenters. The van der Waals surface area contributed by atoms with E-state index in [1.807, 2.05) is 6.92 Å². The summed E-state index contributed by atoms with van der Waals surface area (Å²) in [6, 6.07) is 0. The van der Waals surface area contributed by atoms with Crippen LogP contribution in [0.5, 0.6) is 0 Å². The summed E-state index contributed by atoms with van der Waals surface area (Å²) < 4.78 is 4.92. The van der Waals surface area contributed by atoms with Crippen LogP contribution >= 0.6 is 47.5 Å². The van der Waals surface area contributed by atoms with Crippen LogP contribution in [-0.2, 0) is 4.52 Å². The Morgan fingerprint density at radius 1 is 1.67 bits per heavy atom. The van der Waals surface area contributed by atoms with Gasteiger partial charge in [0.15, 0.2) is 3.43 Å². The van der Waals surface area contributed by atoms with Crippen LogP contribution in [0.15, 0.2) is 0 Å². The van der Waals surface area contributed by atoms with Gasteiger partial charge in [0, 0.05) is 6.61 Å². The van der Waals surface area contributed by atoms with Gasteiger partial charge < -0.3 is 4.52 Å². The second-order valence-electron chi connectivity index (χ2n) is 0.620. The Balaban J connectivity index is 2.63. The van der Waals surface area contributed by atoms with Crippen LogP contribution < -0.4 is 0 Å². The molecule has 0 aliphatic carbocycles. The molecule has 0 N–H and O–H groups in total. The average molecular weight is 330 g/mol. The summed E-state index contributed by atoms with van der Waals surface area (Å²) in [5, 5.41) is 0. The fraction of sp³-hybridized carbons (Fsp3) is 1.00. The van der Waals surface area contributed by atoms with Crippen molar-refractivity contribution >= 4 is 47.5 Å². The molecule has 0 aromatic carbocycles. The molecule has 0 atom stereocenters. The number of hydrogen-bond acceptors (Lipinski definition) is 1. The lowest BCUT2D eigenvalue weighted by atomic mass is 10.9. The molecule has 0 spiro atoms. The van der Waals surface area contributed by atoms with Crippen LogP contribution in [0.4, 0.5) is 0 Å². The van der Waals surface area contributed by atoms with Crippen molar-refractivity contribution in [3.05, 3.63) is 0 Å². The number of hydrogen-bond donors (Lipinski definition) is 0. The van der Waals surface area contributed by atoms with Gasteiger partial charge in [-0.05, 0) is 51.0 Å². The fourth-order valence-electron chi connectivity index (χ4n) is 0.0976. The topological polar surface area (TPSA) is 9.23 Å². The minimum Gasteiger partial charge on any atom is -0.340 e. The maximum atomic E-state index is 5.08. The van der Waals surface area contributed by atoms with Gasteiger partial charge >= 0.3 is 0 Å². The van der Waals surface area contributed by atoms with E-state index < -0.39 is 0 Å². The molecule has 0 aliphatic heterocycles. The third-order valence-corrected chi connectivity index (χ3v) is 2.35. The third-order valence-electron chi connectivity index (χ3n) is 0.227. The molecule has 0 aromatic heterocycles. The monoisotopic (exact) mass is 330 g/mol. The lowest BCUT2D eigenvalue weighted by Crippen LogP contribution is -1.69. The zero-order valence-corrected chi connectivity index (χ0v) is 8.53. The fourth-order valence-corrected chi connectivity index (χ4v) is 1.96. The van der Waals surface area contributed by atoms with Crippen molar-refractivity contribution in [3.63, 3.8) is 0 Å². The van der Waals surface area contributed by atoms with Gasteiger partial charge in [-0.1, -0.05) is 0 Å². The van der Waals surface area contributed by atoms with E-state index in [-0.39, 0.29) is 3.43 Å². The Labute approximate surface area is 65.0 Å². The van der Waals surface area contributed by atoms with Gasteiger partial charge in [0.1, 0.15) is 0 Å². The van der Waals surface area contributed by atoms with Gasteiger partial charge in [-0.2, -0.15) is 0 Å². The average Bonchev–Trinajstić information content (AvgIpc) is 1.35. The summed E-state index contributed by atoms with van der Waals surface area (Å²) in [5.74, 6) is 0. The second kappa shape index (κ2) is 5.00. The van der Waals surface area contributed by atoms with Gasteiger partial charge in [0.2, 0.25) is 0 Å². The molecular weight excluding hydrogens is 325 g/mol. The molecule has 0 heterocycles. The van der Waals surface area contributed by atoms with E-state index in [0.717, 1.165) is 6.61 Å². The van der Waals surface area contributed by atoms with E-state index in [0.29, 0.717) is 0 Å². The summed E-state index contributed by atoms with van der Waals surface area (Å²) in [6.45, 7) is 2.85.